The molecule has 0 radical (unpaired) electrons. The second-order valence-electron chi connectivity index (χ2n) is 7.33. The van der Waals surface area contributed by atoms with E-state index in [9.17, 15) is 28.9 Å². The van der Waals surface area contributed by atoms with Gasteiger partial charge < -0.3 is 4.74 Å². The number of non-ortho nitro benzene ring substituents is 1. The van der Waals surface area contributed by atoms with Gasteiger partial charge in [-0.2, -0.15) is 0 Å². The molecule has 1 N–H and O–H groups in total. The highest BCUT2D eigenvalue weighted by atomic mass is 79.9. The summed E-state index contributed by atoms with van der Waals surface area (Å²) in [7, 11) is 0. The van der Waals surface area contributed by atoms with Crippen molar-refractivity contribution in [3.05, 3.63) is 104 Å². The first kappa shape index (κ1) is 23.8. The minimum absolute atomic E-state index is 0.0141. The van der Waals surface area contributed by atoms with E-state index in [0.29, 0.717) is 15.6 Å². The molecule has 0 saturated carbocycles. The number of anilines is 1. The van der Waals surface area contributed by atoms with Gasteiger partial charge in [0.2, 0.25) is 0 Å². The molecule has 0 atom stereocenters. The highest BCUT2D eigenvalue weighted by Crippen LogP contribution is 2.29. The first-order valence-electron chi connectivity index (χ1n) is 10.1. The van der Waals surface area contributed by atoms with Gasteiger partial charge in [-0.1, -0.05) is 28.1 Å². The lowest BCUT2D eigenvalue weighted by atomic mass is 10.1. The number of nitrogens with one attached hydrogen (secondary N) is 1. The lowest BCUT2D eigenvalue weighted by Gasteiger charge is -2.26. The Morgan fingerprint density at radius 3 is 2.51 bits per heavy atom. The maximum absolute atomic E-state index is 13.3. The number of nitro groups is 1. The first-order valence-corrected chi connectivity index (χ1v) is 10.8. The van der Waals surface area contributed by atoms with Gasteiger partial charge in [-0.05, 0) is 54.1 Å². The van der Waals surface area contributed by atoms with Crippen molar-refractivity contribution < 1.29 is 28.4 Å². The fraction of sp³-hybridized carbons (Fsp3) is 0.0417. The normalized spacial score (nSPS) is 14.7. The molecule has 0 bridgehead atoms. The smallest absolute Gasteiger partial charge is 0.335 e. The van der Waals surface area contributed by atoms with Crippen LogP contribution >= 0.6 is 15.9 Å². The number of barbiturate groups is 1. The summed E-state index contributed by atoms with van der Waals surface area (Å²) in [4.78, 5) is 49.1. The molecule has 11 heteroatoms. The molecule has 0 unspecified atom stereocenters. The molecule has 1 aliphatic rings. The maximum atomic E-state index is 13.3. The number of halogens is 2. The summed E-state index contributed by atoms with van der Waals surface area (Å²) in [6, 6.07) is 14.5. The minimum Gasteiger partial charge on any atom is -0.488 e. The summed E-state index contributed by atoms with van der Waals surface area (Å²) in [6.45, 7) is -0.0141. The van der Waals surface area contributed by atoms with Crippen molar-refractivity contribution >= 4 is 51.2 Å². The van der Waals surface area contributed by atoms with E-state index in [1.165, 1.54) is 36.4 Å². The van der Waals surface area contributed by atoms with Crippen molar-refractivity contribution in [1.82, 2.24) is 5.32 Å². The van der Waals surface area contributed by atoms with Crippen LogP contribution in [0.5, 0.6) is 5.75 Å². The molecule has 1 fully saturated rings. The molecule has 1 saturated heterocycles. The van der Waals surface area contributed by atoms with E-state index in [4.69, 9.17) is 4.74 Å². The molecule has 0 spiro atoms. The molecule has 9 nitrogen and oxygen atoms in total. The number of urea groups is 1. The average molecular weight is 540 g/mol. The molecule has 3 aromatic carbocycles. The van der Waals surface area contributed by atoms with Crippen molar-refractivity contribution in [3.8, 4) is 5.75 Å². The van der Waals surface area contributed by atoms with E-state index in [-0.39, 0.29) is 29.3 Å². The van der Waals surface area contributed by atoms with E-state index in [1.807, 2.05) is 0 Å². The SMILES string of the molecule is O=C1NC(=O)N(c2ccc(F)cc2)C(=O)C1=Cc1cc(Br)ccc1OCc1cccc([N+](=O)[O-])c1. The molecular formula is C24H15BrFN3O6. The van der Waals surface area contributed by atoms with E-state index in [1.54, 1.807) is 24.3 Å². The summed E-state index contributed by atoms with van der Waals surface area (Å²) < 4.78 is 19.7. The number of benzene rings is 3. The third kappa shape index (κ3) is 5.25. The van der Waals surface area contributed by atoms with Crippen molar-refractivity contribution in [2.75, 3.05) is 4.90 Å². The standard InChI is InChI=1S/C24H15BrFN3O6/c25-16-4-9-21(35-13-14-2-1-3-19(10-14)29(33)34)15(11-16)12-20-22(30)27-24(32)28(23(20)31)18-7-5-17(26)6-8-18/h1-12H,13H2,(H,27,30,32). The van der Waals surface area contributed by atoms with Crippen molar-refractivity contribution in [1.29, 1.82) is 0 Å². The molecule has 3 aromatic rings. The van der Waals surface area contributed by atoms with Crippen molar-refractivity contribution in [2.45, 2.75) is 6.61 Å². The van der Waals surface area contributed by atoms with Gasteiger partial charge in [-0.3, -0.25) is 25.0 Å². The zero-order valence-corrected chi connectivity index (χ0v) is 19.3. The van der Waals surface area contributed by atoms with Gasteiger partial charge >= 0.3 is 6.03 Å². The summed E-state index contributed by atoms with van der Waals surface area (Å²) in [5, 5.41) is 13.1. The molecule has 1 aliphatic heterocycles. The number of amides is 4. The second-order valence-corrected chi connectivity index (χ2v) is 8.25. The third-order valence-corrected chi connectivity index (χ3v) is 5.47. The van der Waals surface area contributed by atoms with Crippen LogP contribution in [-0.2, 0) is 16.2 Å². The minimum atomic E-state index is -0.958. The first-order chi connectivity index (χ1) is 16.7. The summed E-state index contributed by atoms with van der Waals surface area (Å²) in [5.41, 5.74) is 0.548. The number of carbonyl (C=O) groups is 3. The van der Waals surface area contributed by atoms with Gasteiger partial charge in [0, 0.05) is 22.2 Å². The zero-order chi connectivity index (χ0) is 25.1. The number of imide groups is 2. The van der Waals surface area contributed by atoms with Crippen LogP contribution < -0.4 is 15.0 Å². The Balaban J connectivity index is 1.65. The number of hydrogen-bond donors (Lipinski definition) is 1. The summed E-state index contributed by atoms with van der Waals surface area (Å²) in [6.07, 6.45) is 1.27. The Labute approximate surface area is 206 Å². The average Bonchev–Trinajstić information content (AvgIpc) is 2.82. The highest BCUT2D eigenvalue weighted by Gasteiger charge is 2.37. The van der Waals surface area contributed by atoms with Crippen LogP contribution in [0.25, 0.3) is 6.08 Å². The van der Waals surface area contributed by atoms with Crippen LogP contribution in [0.1, 0.15) is 11.1 Å². The molecular weight excluding hydrogens is 525 g/mol. The number of carbonyl (C=O) groups excluding carboxylic acids is 3. The van der Waals surface area contributed by atoms with Gasteiger partial charge in [0.15, 0.2) is 0 Å². The highest BCUT2D eigenvalue weighted by molar-refractivity contribution is 9.10. The molecule has 4 rings (SSSR count). The fourth-order valence-corrected chi connectivity index (χ4v) is 3.70. The number of hydrogen-bond acceptors (Lipinski definition) is 6. The second kappa shape index (κ2) is 9.85. The van der Waals surface area contributed by atoms with E-state index >= 15 is 0 Å². The van der Waals surface area contributed by atoms with Gasteiger partial charge in [-0.15, -0.1) is 0 Å². The molecule has 0 aromatic heterocycles. The van der Waals surface area contributed by atoms with Gasteiger partial charge in [0.1, 0.15) is 23.7 Å². The maximum Gasteiger partial charge on any atom is 0.335 e. The molecule has 1 heterocycles. The molecule has 35 heavy (non-hydrogen) atoms. The van der Waals surface area contributed by atoms with Gasteiger partial charge in [0.25, 0.3) is 17.5 Å². The Morgan fingerprint density at radius 1 is 1.06 bits per heavy atom. The number of nitro benzene ring substituents is 1. The van der Waals surface area contributed by atoms with Crippen LogP contribution in [0.4, 0.5) is 20.6 Å². The van der Waals surface area contributed by atoms with Gasteiger partial charge in [0.05, 0.1) is 10.6 Å². The Hall–Kier alpha value is -4.38. The summed E-state index contributed by atoms with van der Waals surface area (Å²) in [5.74, 6) is -2.05. The quantitative estimate of drug-likeness (QED) is 0.209. The molecule has 4 amide bonds. The number of nitrogens with zero attached hydrogens (tertiary/aromatic N) is 2. The number of rotatable bonds is 6. The third-order valence-electron chi connectivity index (χ3n) is 4.97. The number of ether oxygens (including phenoxy) is 1. The topological polar surface area (TPSA) is 119 Å². The van der Waals surface area contributed by atoms with Crippen LogP contribution in [0.3, 0.4) is 0 Å². The van der Waals surface area contributed by atoms with Crippen molar-refractivity contribution in [2.24, 2.45) is 0 Å². The molecule has 176 valence electrons. The lowest BCUT2D eigenvalue weighted by Crippen LogP contribution is -2.54. The van der Waals surface area contributed by atoms with Gasteiger partial charge in [-0.25, -0.2) is 14.1 Å². The predicted octanol–water partition coefficient (Wildman–Crippen LogP) is 4.74. The molecule has 0 aliphatic carbocycles. The Kier molecular flexibility index (Phi) is 6.69. The Morgan fingerprint density at radius 2 is 1.80 bits per heavy atom. The fourth-order valence-electron chi connectivity index (χ4n) is 3.32. The van der Waals surface area contributed by atoms with Crippen LogP contribution in [0.2, 0.25) is 0 Å². The van der Waals surface area contributed by atoms with E-state index < -0.39 is 28.6 Å². The Bertz CT molecular complexity index is 1390. The summed E-state index contributed by atoms with van der Waals surface area (Å²) >= 11 is 3.33. The van der Waals surface area contributed by atoms with Crippen LogP contribution in [-0.4, -0.2) is 22.8 Å². The van der Waals surface area contributed by atoms with E-state index in [0.717, 1.165) is 17.0 Å². The lowest BCUT2D eigenvalue weighted by molar-refractivity contribution is -0.384. The van der Waals surface area contributed by atoms with E-state index in [2.05, 4.69) is 21.2 Å². The van der Waals surface area contributed by atoms with Crippen molar-refractivity contribution in [3.63, 3.8) is 0 Å². The van der Waals surface area contributed by atoms with Crippen LogP contribution in [0, 0.1) is 15.9 Å². The zero-order valence-electron chi connectivity index (χ0n) is 17.7. The largest absolute Gasteiger partial charge is 0.488 e. The monoisotopic (exact) mass is 539 g/mol. The predicted molar refractivity (Wildman–Crippen MR) is 127 cm³/mol. The van der Waals surface area contributed by atoms with Crippen LogP contribution in [0.15, 0.2) is 76.8 Å².